The van der Waals surface area contributed by atoms with E-state index in [0.717, 1.165) is 0 Å². The number of carbonyl (C=O) groups is 2. The summed E-state index contributed by atoms with van der Waals surface area (Å²) >= 11 is 0. The Hall–Kier alpha value is -1.14. The van der Waals surface area contributed by atoms with E-state index in [9.17, 15) is 9.59 Å². The summed E-state index contributed by atoms with van der Waals surface area (Å²) in [4.78, 5) is 22.9. The summed E-state index contributed by atoms with van der Waals surface area (Å²) in [5, 5.41) is 0. The molecule has 0 aromatic heterocycles. The normalized spacial score (nSPS) is 10.8. The van der Waals surface area contributed by atoms with Gasteiger partial charge in [0.05, 0.1) is 14.2 Å². The lowest BCUT2D eigenvalue weighted by molar-refractivity contribution is -0.163. The van der Waals surface area contributed by atoms with Gasteiger partial charge in [0.15, 0.2) is 12.2 Å². The van der Waals surface area contributed by atoms with Gasteiger partial charge in [0.1, 0.15) is 0 Å². The van der Waals surface area contributed by atoms with Gasteiger partial charge in [-0.1, -0.05) is 0 Å². The molecule has 0 atom stereocenters. The summed E-state index contributed by atoms with van der Waals surface area (Å²) in [6, 6.07) is 0. The van der Waals surface area contributed by atoms with Gasteiger partial charge in [-0.3, -0.25) is 9.59 Å². The molecule has 0 aromatic rings. The molecule has 6 nitrogen and oxygen atoms in total. The van der Waals surface area contributed by atoms with Crippen LogP contribution in [0.2, 0.25) is 0 Å². The second kappa shape index (κ2) is 9.85. The average Bonchev–Trinajstić information content (AvgIpc) is 2.38. The van der Waals surface area contributed by atoms with E-state index < -0.39 is 24.1 Å². The van der Waals surface area contributed by atoms with Crippen molar-refractivity contribution >= 4 is 11.9 Å². The fraction of sp³-hybridized carbons (Fsp3) is 0.833. The number of rotatable bonds is 9. The molecule has 106 valence electrons. The second-order valence-electron chi connectivity index (χ2n) is 3.52. The van der Waals surface area contributed by atoms with Crippen LogP contribution in [-0.2, 0) is 28.5 Å². The molecule has 0 aliphatic carbocycles. The van der Waals surface area contributed by atoms with Gasteiger partial charge in [0.2, 0.25) is 0 Å². The van der Waals surface area contributed by atoms with Crippen LogP contribution in [-0.4, -0.2) is 45.7 Å². The second-order valence-corrected chi connectivity index (χ2v) is 3.52. The van der Waals surface area contributed by atoms with Crippen molar-refractivity contribution in [1.82, 2.24) is 0 Å². The number of hydrogen-bond acceptors (Lipinski definition) is 6. The van der Waals surface area contributed by atoms with Crippen LogP contribution in [0.1, 0.15) is 26.7 Å². The van der Waals surface area contributed by atoms with Crippen LogP contribution in [0.5, 0.6) is 0 Å². The Bertz CT molecular complexity index is 231. The zero-order valence-electron chi connectivity index (χ0n) is 11.4. The summed E-state index contributed by atoms with van der Waals surface area (Å²) in [6.45, 7) is 4.71. The molecule has 0 heterocycles. The minimum atomic E-state index is -0.927. The van der Waals surface area contributed by atoms with Crippen LogP contribution in [0, 0.1) is 5.92 Å². The van der Waals surface area contributed by atoms with Crippen molar-refractivity contribution in [1.29, 1.82) is 0 Å². The summed E-state index contributed by atoms with van der Waals surface area (Å²) in [5.41, 5.74) is 0. The monoisotopic (exact) mass is 262 g/mol. The molecule has 0 aliphatic heterocycles. The van der Waals surface area contributed by atoms with Crippen LogP contribution < -0.4 is 0 Å². The van der Waals surface area contributed by atoms with Gasteiger partial charge in [-0.15, -0.1) is 0 Å². The molecule has 0 saturated carbocycles. The molecule has 0 radical (unpaired) electrons. The van der Waals surface area contributed by atoms with Crippen molar-refractivity contribution in [2.75, 3.05) is 27.4 Å². The zero-order chi connectivity index (χ0) is 14.0. The van der Waals surface area contributed by atoms with Gasteiger partial charge in [0.25, 0.3) is 0 Å². The van der Waals surface area contributed by atoms with E-state index in [2.05, 4.69) is 9.47 Å². The fourth-order valence-corrected chi connectivity index (χ4v) is 1.51. The smallest absolute Gasteiger partial charge is 0.320 e. The first-order chi connectivity index (χ1) is 8.60. The Balaban J connectivity index is 4.38. The minimum Gasteiger partial charge on any atom is -0.468 e. The van der Waals surface area contributed by atoms with E-state index in [1.807, 2.05) is 13.8 Å². The molecule has 0 aromatic carbocycles. The third kappa shape index (κ3) is 5.97. The Kier molecular flexibility index (Phi) is 9.22. The summed E-state index contributed by atoms with van der Waals surface area (Å²) in [6.07, 6.45) is 0.275. The molecule has 0 N–H and O–H groups in total. The molecule has 0 amide bonds. The van der Waals surface area contributed by atoms with Crippen molar-refractivity contribution in [2.45, 2.75) is 33.0 Å². The van der Waals surface area contributed by atoms with Crippen LogP contribution in [0.3, 0.4) is 0 Å². The Labute approximate surface area is 108 Å². The first kappa shape index (κ1) is 16.9. The predicted octanol–water partition coefficient (Wildman–Crippen LogP) is 1.13. The van der Waals surface area contributed by atoms with Crippen molar-refractivity contribution < 1.29 is 28.5 Å². The SMILES string of the molecule is CCOC(CCC(C(=O)OC)C(=O)OC)OCC. The van der Waals surface area contributed by atoms with Gasteiger partial charge in [-0.2, -0.15) is 0 Å². The summed E-state index contributed by atoms with van der Waals surface area (Å²) in [7, 11) is 2.47. The molecule has 0 saturated heterocycles. The molecule has 0 unspecified atom stereocenters. The fourth-order valence-electron chi connectivity index (χ4n) is 1.51. The third-order valence-electron chi connectivity index (χ3n) is 2.37. The van der Waals surface area contributed by atoms with Crippen molar-refractivity contribution in [3.8, 4) is 0 Å². The summed E-state index contributed by atoms with van der Waals surface area (Å²) in [5.74, 6) is -2.13. The lowest BCUT2D eigenvalue weighted by Crippen LogP contribution is -2.28. The van der Waals surface area contributed by atoms with Gasteiger partial charge < -0.3 is 18.9 Å². The maximum absolute atomic E-state index is 11.4. The van der Waals surface area contributed by atoms with Gasteiger partial charge >= 0.3 is 11.9 Å². The lowest BCUT2D eigenvalue weighted by atomic mass is 10.0. The van der Waals surface area contributed by atoms with Gasteiger partial charge in [0, 0.05) is 13.2 Å². The van der Waals surface area contributed by atoms with Crippen LogP contribution in [0.4, 0.5) is 0 Å². The van der Waals surface area contributed by atoms with E-state index in [-0.39, 0.29) is 6.42 Å². The molecular weight excluding hydrogens is 240 g/mol. The molecule has 0 rings (SSSR count). The van der Waals surface area contributed by atoms with Crippen molar-refractivity contribution in [3.63, 3.8) is 0 Å². The molecule has 0 bridgehead atoms. The average molecular weight is 262 g/mol. The van der Waals surface area contributed by atoms with Crippen LogP contribution >= 0.6 is 0 Å². The Morgan fingerprint density at radius 2 is 1.33 bits per heavy atom. The predicted molar refractivity (Wildman–Crippen MR) is 63.8 cm³/mol. The highest BCUT2D eigenvalue weighted by molar-refractivity contribution is 5.94. The maximum atomic E-state index is 11.4. The number of methoxy groups -OCH3 is 2. The first-order valence-corrected chi connectivity index (χ1v) is 5.99. The van der Waals surface area contributed by atoms with Crippen molar-refractivity contribution in [3.05, 3.63) is 0 Å². The summed E-state index contributed by atoms with van der Waals surface area (Å²) < 4.78 is 19.8. The Morgan fingerprint density at radius 1 is 0.889 bits per heavy atom. The number of ether oxygens (including phenoxy) is 4. The Morgan fingerprint density at radius 3 is 1.67 bits per heavy atom. The first-order valence-electron chi connectivity index (χ1n) is 5.99. The van der Waals surface area contributed by atoms with E-state index in [1.165, 1.54) is 14.2 Å². The molecule has 0 fully saturated rings. The van der Waals surface area contributed by atoms with Crippen molar-refractivity contribution in [2.24, 2.45) is 5.92 Å². The largest absolute Gasteiger partial charge is 0.468 e. The van der Waals surface area contributed by atoms with E-state index >= 15 is 0 Å². The molecular formula is C12H22O6. The molecule has 18 heavy (non-hydrogen) atoms. The van der Waals surface area contributed by atoms with Gasteiger partial charge in [-0.25, -0.2) is 0 Å². The number of carbonyl (C=O) groups excluding carboxylic acids is 2. The minimum absolute atomic E-state index is 0.268. The van der Waals surface area contributed by atoms with E-state index in [4.69, 9.17) is 9.47 Å². The van der Waals surface area contributed by atoms with E-state index in [0.29, 0.717) is 19.6 Å². The van der Waals surface area contributed by atoms with Crippen LogP contribution in [0.25, 0.3) is 0 Å². The number of esters is 2. The molecule has 0 spiro atoms. The highest BCUT2D eigenvalue weighted by atomic mass is 16.7. The quantitative estimate of drug-likeness (QED) is 0.352. The molecule has 0 aliphatic rings. The maximum Gasteiger partial charge on any atom is 0.320 e. The van der Waals surface area contributed by atoms with Crippen LogP contribution in [0.15, 0.2) is 0 Å². The van der Waals surface area contributed by atoms with Gasteiger partial charge in [-0.05, 0) is 26.7 Å². The topological polar surface area (TPSA) is 71.1 Å². The highest BCUT2D eigenvalue weighted by Crippen LogP contribution is 2.15. The van der Waals surface area contributed by atoms with E-state index in [1.54, 1.807) is 0 Å². The molecule has 6 heteroatoms. The standard InChI is InChI=1S/C12H22O6/c1-5-17-10(18-6-2)8-7-9(11(13)15-3)12(14)16-4/h9-10H,5-8H2,1-4H3. The lowest BCUT2D eigenvalue weighted by Gasteiger charge is -2.19. The number of hydrogen-bond donors (Lipinski definition) is 0. The third-order valence-corrected chi connectivity index (χ3v) is 2.37. The highest BCUT2D eigenvalue weighted by Gasteiger charge is 2.29. The zero-order valence-corrected chi connectivity index (χ0v) is 11.4.